The van der Waals surface area contributed by atoms with Gasteiger partial charge in [0.25, 0.3) is 0 Å². The Morgan fingerprint density at radius 1 is 1.08 bits per heavy atom. The Morgan fingerprint density at radius 3 is 2.92 bits per heavy atom. The van der Waals surface area contributed by atoms with Gasteiger partial charge in [0.05, 0.1) is 24.1 Å². The normalized spacial score (nSPS) is 14.2. The second kappa shape index (κ2) is 4.17. The van der Waals surface area contributed by atoms with E-state index in [2.05, 4.69) is 39.6 Å². The minimum atomic E-state index is 0.270. The van der Waals surface area contributed by atoms with Crippen LogP contribution >= 0.6 is 0 Å². The summed E-state index contributed by atoms with van der Waals surface area (Å²) in [6, 6.07) is 12.4. The predicted molar refractivity (Wildman–Crippen MR) is 88.0 cm³/mol. The van der Waals surface area contributed by atoms with Crippen LogP contribution in [-0.2, 0) is 6.54 Å². The lowest BCUT2D eigenvalue weighted by atomic mass is 10.00. The van der Waals surface area contributed by atoms with E-state index in [1.807, 2.05) is 23.0 Å². The molecule has 0 unspecified atom stereocenters. The van der Waals surface area contributed by atoms with Crippen molar-refractivity contribution in [1.29, 1.82) is 0 Å². The van der Waals surface area contributed by atoms with Crippen molar-refractivity contribution < 1.29 is 9.47 Å². The van der Waals surface area contributed by atoms with Crippen LogP contribution in [0.1, 0.15) is 5.56 Å². The van der Waals surface area contributed by atoms with E-state index in [1.54, 1.807) is 0 Å². The summed E-state index contributed by atoms with van der Waals surface area (Å²) in [5, 5.41) is 9.56. The van der Waals surface area contributed by atoms with Crippen LogP contribution in [0.4, 0.5) is 0 Å². The van der Waals surface area contributed by atoms with Crippen molar-refractivity contribution in [1.82, 2.24) is 20.0 Å². The molecule has 2 aromatic heterocycles. The molecule has 0 saturated heterocycles. The number of nitrogens with zero attached hydrogens (tertiary/aromatic N) is 3. The van der Waals surface area contributed by atoms with E-state index < -0.39 is 0 Å². The highest BCUT2D eigenvalue weighted by atomic mass is 16.7. The number of ether oxygens (including phenoxy) is 2. The van der Waals surface area contributed by atoms with Crippen LogP contribution in [0, 0.1) is 0 Å². The van der Waals surface area contributed by atoms with Crippen molar-refractivity contribution in [3.05, 3.63) is 48.2 Å². The van der Waals surface area contributed by atoms with E-state index in [-0.39, 0.29) is 6.79 Å². The highest BCUT2D eigenvalue weighted by Gasteiger charge is 2.27. The first-order chi connectivity index (χ1) is 11.9. The molecule has 2 aliphatic rings. The number of hydrogen-bond acceptors (Lipinski definition) is 4. The molecular weight excluding hydrogens is 304 g/mol. The minimum absolute atomic E-state index is 0.270. The molecule has 0 saturated carbocycles. The fraction of sp³-hybridized carbons (Fsp3) is 0.111. The predicted octanol–water partition coefficient (Wildman–Crippen LogP) is 3.18. The van der Waals surface area contributed by atoms with Gasteiger partial charge in [0.1, 0.15) is 0 Å². The third-order valence-corrected chi connectivity index (χ3v) is 4.77. The number of aromatic nitrogens is 4. The molecule has 4 aromatic rings. The Hall–Kier alpha value is -3.28. The van der Waals surface area contributed by atoms with E-state index in [1.165, 1.54) is 5.39 Å². The summed E-state index contributed by atoms with van der Waals surface area (Å²) < 4.78 is 13.1. The molecule has 0 radical (unpaired) electrons. The number of nitrogens with one attached hydrogen (secondary N) is 1. The minimum Gasteiger partial charge on any atom is -0.454 e. The SMILES string of the molecule is c1ccc2c3c([nH]c2c1)-c1cc2c(cc1Cn1nncc1-3)OCO2. The molecule has 0 aliphatic carbocycles. The molecule has 6 heteroatoms. The lowest BCUT2D eigenvalue weighted by Crippen LogP contribution is -2.02. The van der Waals surface area contributed by atoms with E-state index in [4.69, 9.17) is 9.47 Å². The van der Waals surface area contributed by atoms with Gasteiger partial charge in [-0.2, -0.15) is 0 Å². The van der Waals surface area contributed by atoms with Crippen LogP contribution < -0.4 is 9.47 Å². The van der Waals surface area contributed by atoms with Crippen molar-refractivity contribution in [2.45, 2.75) is 6.54 Å². The molecule has 0 amide bonds. The summed E-state index contributed by atoms with van der Waals surface area (Å²) >= 11 is 0. The first kappa shape index (κ1) is 12.2. The zero-order valence-corrected chi connectivity index (χ0v) is 12.6. The van der Waals surface area contributed by atoms with Gasteiger partial charge in [-0.1, -0.05) is 23.4 Å². The van der Waals surface area contributed by atoms with Crippen LogP contribution in [0.25, 0.3) is 33.4 Å². The quantitative estimate of drug-likeness (QED) is 0.476. The van der Waals surface area contributed by atoms with Crippen LogP contribution in [0.15, 0.2) is 42.6 Å². The molecule has 1 N–H and O–H groups in total. The number of fused-ring (bicyclic) bond motifs is 8. The summed E-state index contributed by atoms with van der Waals surface area (Å²) in [5.41, 5.74) is 6.58. The molecule has 24 heavy (non-hydrogen) atoms. The van der Waals surface area contributed by atoms with Crippen molar-refractivity contribution in [2.75, 3.05) is 6.79 Å². The first-order valence-electron chi connectivity index (χ1n) is 7.81. The second-order valence-corrected chi connectivity index (χ2v) is 6.06. The Labute approximate surface area is 136 Å². The fourth-order valence-electron chi connectivity index (χ4n) is 3.69. The average molecular weight is 316 g/mol. The van der Waals surface area contributed by atoms with E-state index >= 15 is 0 Å². The zero-order chi connectivity index (χ0) is 15.7. The standard InChI is InChI=1S/C18H12N4O2/c1-2-4-13-11(3-1)17-14-7-19-21-22(14)8-10-5-15-16(24-9-23-15)6-12(10)18(17)20-13/h1-7,20H,8-9H2. The number of rotatable bonds is 0. The molecule has 4 heterocycles. The van der Waals surface area contributed by atoms with Gasteiger partial charge in [-0.3, -0.25) is 0 Å². The number of hydrogen-bond donors (Lipinski definition) is 1. The van der Waals surface area contributed by atoms with Gasteiger partial charge in [-0.25, -0.2) is 4.68 Å². The largest absolute Gasteiger partial charge is 0.454 e. The lowest BCUT2D eigenvalue weighted by molar-refractivity contribution is 0.174. The van der Waals surface area contributed by atoms with Crippen molar-refractivity contribution >= 4 is 10.9 Å². The van der Waals surface area contributed by atoms with Crippen LogP contribution in [0.3, 0.4) is 0 Å². The maximum absolute atomic E-state index is 5.58. The van der Waals surface area contributed by atoms with E-state index in [9.17, 15) is 0 Å². The third-order valence-electron chi connectivity index (χ3n) is 4.77. The number of aromatic amines is 1. The summed E-state index contributed by atoms with van der Waals surface area (Å²) in [6.45, 7) is 0.921. The molecule has 0 spiro atoms. The van der Waals surface area contributed by atoms with Gasteiger partial charge in [-0.05, 0) is 23.8 Å². The summed E-state index contributed by atoms with van der Waals surface area (Å²) in [4.78, 5) is 3.57. The van der Waals surface area contributed by atoms with Gasteiger partial charge >= 0.3 is 0 Å². The Kier molecular flexibility index (Phi) is 2.12. The maximum Gasteiger partial charge on any atom is 0.231 e. The summed E-state index contributed by atoms with van der Waals surface area (Å²) in [7, 11) is 0. The number of para-hydroxylation sites is 1. The van der Waals surface area contributed by atoms with Gasteiger partial charge in [-0.15, -0.1) is 5.10 Å². The third kappa shape index (κ3) is 1.45. The highest BCUT2D eigenvalue weighted by Crippen LogP contribution is 2.45. The molecule has 0 fully saturated rings. The smallest absolute Gasteiger partial charge is 0.231 e. The lowest BCUT2D eigenvalue weighted by Gasteiger charge is -2.08. The van der Waals surface area contributed by atoms with Gasteiger partial charge in [0.15, 0.2) is 11.5 Å². The average Bonchev–Trinajstić information content (AvgIpc) is 3.29. The highest BCUT2D eigenvalue weighted by molar-refractivity contribution is 6.04. The monoisotopic (exact) mass is 316 g/mol. The Bertz CT molecular complexity index is 1130. The molecule has 0 atom stereocenters. The fourth-order valence-corrected chi connectivity index (χ4v) is 3.69. The van der Waals surface area contributed by atoms with Crippen LogP contribution in [0.5, 0.6) is 11.5 Å². The molecule has 116 valence electrons. The Morgan fingerprint density at radius 2 is 1.96 bits per heavy atom. The van der Waals surface area contributed by atoms with Crippen LogP contribution in [0.2, 0.25) is 0 Å². The molecule has 2 aliphatic heterocycles. The molecular formula is C18H12N4O2. The van der Waals surface area contributed by atoms with Crippen molar-refractivity contribution in [3.8, 4) is 34.0 Å². The molecule has 6 nitrogen and oxygen atoms in total. The molecule has 6 rings (SSSR count). The van der Waals surface area contributed by atoms with Gasteiger partial charge < -0.3 is 14.5 Å². The van der Waals surface area contributed by atoms with Crippen molar-refractivity contribution in [2.24, 2.45) is 0 Å². The first-order valence-corrected chi connectivity index (χ1v) is 7.81. The number of H-pyrrole nitrogens is 1. The second-order valence-electron chi connectivity index (χ2n) is 6.06. The molecule has 2 aromatic carbocycles. The summed E-state index contributed by atoms with van der Waals surface area (Å²) in [6.07, 6.45) is 1.83. The zero-order valence-electron chi connectivity index (χ0n) is 12.6. The Balaban J connectivity index is 1.77. The van der Waals surface area contributed by atoms with Crippen LogP contribution in [-0.4, -0.2) is 26.8 Å². The maximum atomic E-state index is 5.58. The number of benzene rings is 2. The molecule has 0 bridgehead atoms. The summed E-state index contributed by atoms with van der Waals surface area (Å²) in [5.74, 6) is 1.57. The van der Waals surface area contributed by atoms with Gasteiger partial charge in [0.2, 0.25) is 6.79 Å². The van der Waals surface area contributed by atoms with Crippen molar-refractivity contribution in [3.63, 3.8) is 0 Å². The van der Waals surface area contributed by atoms with E-state index in [0.29, 0.717) is 6.54 Å². The topological polar surface area (TPSA) is 65.0 Å². The van der Waals surface area contributed by atoms with Gasteiger partial charge in [0, 0.05) is 22.0 Å². The van der Waals surface area contributed by atoms with E-state index in [0.717, 1.165) is 45.1 Å².